The molecular weight excluding hydrogens is 210 g/mol. The lowest BCUT2D eigenvalue weighted by Gasteiger charge is -1.86. The molecule has 0 aliphatic heterocycles. The second-order valence-electron chi connectivity index (χ2n) is 2.96. The van der Waals surface area contributed by atoms with Crippen LogP contribution in [0, 0.1) is 11.3 Å². The maximum Gasteiger partial charge on any atom is 0.240 e. The molecule has 2 aromatic heterocycles. The molecular formula is C10H9N3OS. The van der Waals surface area contributed by atoms with Crippen molar-refractivity contribution < 1.29 is 4.42 Å². The van der Waals surface area contributed by atoms with Crippen LogP contribution in [0.3, 0.4) is 0 Å². The van der Waals surface area contributed by atoms with Crippen LogP contribution in [0.15, 0.2) is 16.5 Å². The molecule has 4 nitrogen and oxygen atoms in total. The van der Waals surface area contributed by atoms with E-state index in [4.69, 9.17) is 15.4 Å². The minimum Gasteiger partial charge on any atom is -0.419 e. The van der Waals surface area contributed by atoms with Gasteiger partial charge in [0.15, 0.2) is 0 Å². The SMILES string of the molecule is CCc1ccc(-c2nc(C#N)c(N)o2)s1. The largest absolute Gasteiger partial charge is 0.419 e. The lowest BCUT2D eigenvalue weighted by Crippen LogP contribution is -1.83. The number of nitriles is 1. The Morgan fingerprint density at radius 2 is 2.40 bits per heavy atom. The lowest BCUT2D eigenvalue weighted by atomic mass is 10.4. The Kier molecular flexibility index (Phi) is 2.44. The van der Waals surface area contributed by atoms with Gasteiger partial charge in [0.2, 0.25) is 17.5 Å². The van der Waals surface area contributed by atoms with Crippen LogP contribution in [0.25, 0.3) is 10.8 Å². The number of hydrogen-bond acceptors (Lipinski definition) is 5. The molecule has 2 N–H and O–H groups in total. The summed E-state index contributed by atoms with van der Waals surface area (Å²) in [6, 6.07) is 5.83. The van der Waals surface area contributed by atoms with Crippen LogP contribution >= 0.6 is 11.3 Å². The molecule has 0 atom stereocenters. The van der Waals surface area contributed by atoms with Crippen LogP contribution in [-0.2, 0) is 6.42 Å². The van der Waals surface area contributed by atoms with E-state index in [1.165, 1.54) is 4.88 Å². The number of nitrogens with zero attached hydrogens (tertiary/aromatic N) is 2. The minimum atomic E-state index is 0.0824. The molecule has 0 spiro atoms. The maximum absolute atomic E-state index is 8.68. The third-order valence-electron chi connectivity index (χ3n) is 1.98. The second kappa shape index (κ2) is 3.75. The summed E-state index contributed by atoms with van der Waals surface area (Å²) in [5, 5.41) is 8.68. The van der Waals surface area contributed by atoms with Gasteiger partial charge in [0, 0.05) is 4.88 Å². The quantitative estimate of drug-likeness (QED) is 0.841. The van der Waals surface area contributed by atoms with Gasteiger partial charge in [-0.3, -0.25) is 0 Å². The number of hydrogen-bond donors (Lipinski definition) is 1. The van der Waals surface area contributed by atoms with Crippen molar-refractivity contribution in [2.75, 3.05) is 5.73 Å². The first kappa shape index (κ1) is 9.74. The Morgan fingerprint density at radius 3 is 2.93 bits per heavy atom. The highest BCUT2D eigenvalue weighted by Crippen LogP contribution is 2.29. The van der Waals surface area contributed by atoms with Gasteiger partial charge in [-0.05, 0) is 18.6 Å². The van der Waals surface area contributed by atoms with E-state index in [0.717, 1.165) is 11.3 Å². The average molecular weight is 219 g/mol. The van der Waals surface area contributed by atoms with Gasteiger partial charge in [-0.25, -0.2) is 0 Å². The molecule has 2 aromatic rings. The number of thiophene rings is 1. The Balaban J connectivity index is 2.41. The molecule has 76 valence electrons. The fourth-order valence-corrected chi connectivity index (χ4v) is 2.07. The van der Waals surface area contributed by atoms with Crippen molar-refractivity contribution in [3.63, 3.8) is 0 Å². The van der Waals surface area contributed by atoms with Crippen LogP contribution in [0.4, 0.5) is 5.88 Å². The number of nitrogen functional groups attached to an aromatic ring is 1. The van der Waals surface area contributed by atoms with Gasteiger partial charge in [-0.15, -0.1) is 11.3 Å². The molecule has 0 aliphatic carbocycles. The predicted octanol–water partition coefficient (Wildman–Crippen LogP) is 2.42. The maximum atomic E-state index is 8.68. The molecule has 0 radical (unpaired) electrons. The van der Waals surface area contributed by atoms with Crippen molar-refractivity contribution in [3.05, 3.63) is 22.7 Å². The summed E-state index contributed by atoms with van der Waals surface area (Å²) in [4.78, 5) is 6.16. The molecule has 0 aromatic carbocycles. The first-order valence-corrected chi connectivity index (χ1v) is 5.31. The molecule has 5 heteroatoms. The second-order valence-corrected chi connectivity index (χ2v) is 4.13. The molecule has 0 unspecified atom stereocenters. The van der Waals surface area contributed by atoms with Gasteiger partial charge in [-0.1, -0.05) is 6.92 Å². The van der Waals surface area contributed by atoms with E-state index in [2.05, 4.69) is 11.9 Å². The van der Waals surface area contributed by atoms with Crippen molar-refractivity contribution in [2.24, 2.45) is 0 Å². The fraction of sp³-hybridized carbons (Fsp3) is 0.200. The van der Waals surface area contributed by atoms with Crippen LogP contribution in [0.2, 0.25) is 0 Å². The lowest BCUT2D eigenvalue weighted by molar-refractivity contribution is 0.595. The summed E-state index contributed by atoms with van der Waals surface area (Å²) in [6.45, 7) is 2.08. The Bertz CT molecular complexity index is 521. The fourth-order valence-electron chi connectivity index (χ4n) is 1.20. The van der Waals surface area contributed by atoms with Crippen molar-refractivity contribution in [1.29, 1.82) is 5.26 Å². The number of nitrogens with two attached hydrogens (primary N) is 1. The summed E-state index contributed by atoms with van der Waals surface area (Å²) >= 11 is 1.60. The number of oxazole rings is 1. The Labute approximate surface area is 91.0 Å². The molecule has 0 saturated carbocycles. The monoisotopic (exact) mass is 219 g/mol. The van der Waals surface area contributed by atoms with Gasteiger partial charge in [0.25, 0.3) is 0 Å². The molecule has 0 aliphatic rings. The minimum absolute atomic E-state index is 0.0824. The highest BCUT2D eigenvalue weighted by molar-refractivity contribution is 7.15. The number of aromatic nitrogens is 1. The van der Waals surface area contributed by atoms with E-state index in [1.807, 2.05) is 18.2 Å². The summed E-state index contributed by atoms with van der Waals surface area (Å²) in [7, 11) is 0. The van der Waals surface area contributed by atoms with Gasteiger partial charge in [-0.2, -0.15) is 10.2 Å². The van der Waals surface area contributed by atoms with Gasteiger partial charge in [0.1, 0.15) is 6.07 Å². The average Bonchev–Trinajstić information content (AvgIpc) is 2.83. The van der Waals surface area contributed by atoms with Crippen LogP contribution in [0.5, 0.6) is 0 Å². The predicted molar refractivity (Wildman–Crippen MR) is 58.3 cm³/mol. The third kappa shape index (κ3) is 1.72. The molecule has 15 heavy (non-hydrogen) atoms. The van der Waals surface area contributed by atoms with Gasteiger partial charge < -0.3 is 10.2 Å². The number of aryl methyl sites for hydroxylation is 1. The van der Waals surface area contributed by atoms with Gasteiger partial charge >= 0.3 is 0 Å². The van der Waals surface area contributed by atoms with Crippen LogP contribution < -0.4 is 5.73 Å². The summed E-state index contributed by atoms with van der Waals surface area (Å²) in [6.07, 6.45) is 0.978. The van der Waals surface area contributed by atoms with E-state index in [-0.39, 0.29) is 11.6 Å². The summed E-state index contributed by atoms with van der Waals surface area (Å²) in [5.41, 5.74) is 5.63. The molecule has 0 amide bonds. The first-order valence-electron chi connectivity index (χ1n) is 4.50. The van der Waals surface area contributed by atoms with Crippen LogP contribution in [0.1, 0.15) is 17.5 Å². The van der Waals surface area contributed by atoms with Crippen molar-refractivity contribution in [2.45, 2.75) is 13.3 Å². The molecule has 0 bridgehead atoms. The molecule has 0 saturated heterocycles. The zero-order chi connectivity index (χ0) is 10.8. The van der Waals surface area contributed by atoms with E-state index >= 15 is 0 Å². The van der Waals surface area contributed by atoms with Crippen LogP contribution in [-0.4, -0.2) is 4.98 Å². The molecule has 0 fully saturated rings. The zero-order valence-electron chi connectivity index (χ0n) is 8.15. The van der Waals surface area contributed by atoms with E-state index in [1.54, 1.807) is 11.3 Å². The standard InChI is InChI=1S/C10H9N3OS/c1-2-6-3-4-8(15-6)10-13-7(5-11)9(12)14-10/h3-4H,2,12H2,1H3. The number of rotatable bonds is 2. The highest BCUT2D eigenvalue weighted by Gasteiger charge is 2.13. The topological polar surface area (TPSA) is 75.8 Å². The van der Waals surface area contributed by atoms with E-state index < -0.39 is 0 Å². The van der Waals surface area contributed by atoms with Crippen molar-refractivity contribution >= 4 is 17.2 Å². The Hall–Kier alpha value is -1.80. The first-order chi connectivity index (χ1) is 7.24. The smallest absolute Gasteiger partial charge is 0.240 e. The van der Waals surface area contributed by atoms with Crippen molar-refractivity contribution in [3.8, 4) is 16.8 Å². The summed E-state index contributed by atoms with van der Waals surface area (Å²) < 4.78 is 5.20. The normalized spacial score (nSPS) is 10.1. The van der Waals surface area contributed by atoms with E-state index in [9.17, 15) is 0 Å². The van der Waals surface area contributed by atoms with Gasteiger partial charge in [0.05, 0.1) is 4.88 Å². The number of anilines is 1. The van der Waals surface area contributed by atoms with E-state index in [0.29, 0.717) is 5.89 Å². The molecule has 2 heterocycles. The summed E-state index contributed by atoms with van der Waals surface area (Å²) in [5.74, 6) is 0.507. The Morgan fingerprint density at radius 1 is 1.60 bits per heavy atom. The van der Waals surface area contributed by atoms with Crippen molar-refractivity contribution in [1.82, 2.24) is 4.98 Å². The molecule has 2 rings (SSSR count). The zero-order valence-corrected chi connectivity index (χ0v) is 8.97. The highest BCUT2D eigenvalue weighted by atomic mass is 32.1. The third-order valence-corrected chi connectivity index (χ3v) is 3.20.